The lowest BCUT2D eigenvalue weighted by Crippen LogP contribution is -2.45. The van der Waals surface area contributed by atoms with Crippen LogP contribution >= 0.6 is 0 Å². The molecule has 2 aromatic carbocycles. The number of nitrogens with zero attached hydrogens (tertiary/aromatic N) is 2. The summed E-state index contributed by atoms with van der Waals surface area (Å²) in [5, 5.41) is 9.71. The van der Waals surface area contributed by atoms with Crippen LogP contribution in [0.5, 0.6) is 0 Å². The third kappa shape index (κ3) is 2.58. The first kappa shape index (κ1) is 18.5. The number of imide groups is 1. The smallest absolute Gasteiger partial charge is 0.326 e. The summed E-state index contributed by atoms with van der Waals surface area (Å²) in [7, 11) is 0. The number of benzene rings is 2. The molecule has 3 amide bonds. The average molecular weight is 404 g/mol. The summed E-state index contributed by atoms with van der Waals surface area (Å²) in [6, 6.07) is 12.0. The highest BCUT2D eigenvalue weighted by molar-refractivity contribution is 6.35. The number of anilines is 1. The van der Waals surface area contributed by atoms with Gasteiger partial charge < -0.3 is 10.0 Å². The van der Waals surface area contributed by atoms with Crippen LogP contribution in [0.1, 0.15) is 56.8 Å². The Balaban J connectivity index is 1.56. The van der Waals surface area contributed by atoms with Crippen LogP contribution in [0.15, 0.2) is 48.5 Å². The molecule has 1 N–H and O–H groups in total. The lowest BCUT2D eigenvalue weighted by molar-refractivity contribution is -0.141. The Morgan fingerprint density at radius 3 is 2.20 bits per heavy atom. The molecule has 1 aliphatic carbocycles. The van der Waals surface area contributed by atoms with E-state index in [0.29, 0.717) is 17.5 Å². The Bertz CT molecular complexity index is 1060. The number of fused-ring (bicyclic) bond motifs is 2. The molecule has 0 radical (unpaired) electrons. The zero-order valence-corrected chi connectivity index (χ0v) is 16.2. The number of aliphatic carboxylic acids is 1. The van der Waals surface area contributed by atoms with E-state index in [1.54, 1.807) is 48.5 Å². The lowest BCUT2D eigenvalue weighted by Gasteiger charge is -2.29. The van der Waals surface area contributed by atoms with E-state index in [0.717, 1.165) is 24.2 Å². The molecule has 1 saturated heterocycles. The second kappa shape index (κ2) is 6.79. The van der Waals surface area contributed by atoms with Crippen LogP contribution in [-0.2, 0) is 4.79 Å². The molecule has 0 bridgehead atoms. The molecule has 152 valence electrons. The van der Waals surface area contributed by atoms with Crippen LogP contribution in [0.25, 0.3) is 0 Å². The Morgan fingerprint density at radius 2 is 1.53 bits per heavy atom. The van der Waals surface area contributed by atoms with Crippen molar-refractivity contribution in [1.29, 1.82) is 0 Å². The molecule has 2 aliphatic heterocycles. The van der Waals surface area contributed by atoms with Gasteiger partial charge in [0.25, 0.3) is 17.7 Å². The van der Waals surface area contributed by atoms with Gasteiger partial charge in [-0.3, -0.25) is 14.4 Å². The van der Waals surface area contributed by atoms with Crippen molar-refractivity contribution in [3.63, 3.8) is 0 Å². The van der Waals surface area contributed by atoms with Gasteiger partial charge in [0.2, 0.25) is 0 Å². The van der Waals surface area contributed by atoms with E-state index in [1.165, 1.54) is 4.90 Å². The summed E-state index contributed by atoms with van der Waals surface area (Å²) in [6.45, 7) is 0. The Labute approximate surface area is 172 Å². The van der Waals surface area contributed by atoms with Gasteiger partial charge >= 0.3 is 5.97 Å². The molecule has 2 aromatic rings. The van der Waals surface area contributed by atoms with Gasteiger partial charge in [0.1, 0.15) is 6.04 Å². The number of para-hydroxylation sites is 1. The van der Waals surface area contributed by atoms with Crippen LogP contribution in [0.4, 0.5) is 5.69 Å². The van der Waals surface area contributed by atoms with Crippen molar-refractivity contribution in [2.24, 2.45) is 5.92 Å². The molecule has 5 rings (SSSR count). The van der Waals surface area contributed by atoms with E-state index >= 15 is 0 Å². The molecule has 1 saturated carbocycles. The highest BCUT2D eigenvalue weighted by atomic mass is 16.4. The molecular formula is C23H20N2O5. The Hall–Kier alpha value is -3.48. The number of carbonyl (C=O) groups excluding carboxylic acids is 3. The van der Waals surface area contributed by atoms with Crippen molar-refractivity contribution in [1.82, 2.24) is 4.90 Å². The first-order valence-corrected chi connectivity index (χ1v) is 10.1. The number of carbonyl (C=O) groups is 4. The lowest BCUT2D eigenvalue weighted by atomic mass is 10.0. The van der Waals surface area contributed by atoms with E-state index in [4.69, 9.17) is 0 Å². The minimum Gasteiger partial charge on any atom is -0.480 e. The predicted octanol–water partition coefficient (Wildman–Crippen LogP) is 2.96. The van der Waals surface area contributed by atoms with E-state index in [9.17, 15) is 24.3 Å². The molecule has 30 heavy (non-hydrogen) atoms. The zero-order chi connectivity index (χ0) is 21.0. The number of hydrogen-bond acceptors (Lipinski definition) is 4. The number of carboxylic acids is 1. The zero-order valence-electron chi connectivity index (χ0n) is 16.2. The van der Waals surface area contributed by atoms with Crippen molar-refractivity contribution in [3.8, 4) is 0 Å². The van der Waals surface area contributed by atoms with Gasteiger partial charge in [-0.15, -0.1) is 0 Å². The van der Waals surface area contributed by atoms with Crippen molar-refractivity contribution in [3.05, 3.63) is 65.2 Å². The fourth-order valence-electron chi connectivity index (χ4n) is 5.20. The second-order valence-corrected chi connectivity index (χ2v) is 8.07. The summed E-state index contributed by atoms with van der Waals surface area (Å²) >= 11 is 0. The molecule has 3 aliphatic rings. The monoisotopic (exact) mass is 404 g/mol. The summed E-state index contributed by atoms with van der Waals surface area (Å²) in [5.41, 5.74) is 0.959. The highest BCUT2D eigenvalue weighted by Gasteiger charge is 2.49. The van der Waals surface area contributed by atoms with Crippen LogP contribution in [0.2, 0.25) is 0 Å². The maximum atomic E-state index is 13.6. The minimum atomic E-state index is -1.02. The van der Waals surface area contributed by atoms with Gasteiger partial charge in [0, 0.05) is 6.04 Å². The number of likely N-dealkylation sites (tertiary alicyclic amines) is 1. The van der Waals surface area contributed by atoms with Crippen molar-refractivity contribution < 1.29 is 24.3 Å². The van der Waals surface area contributed by atoms with Gasteiger partial charge in [-0.2, -0.15) is 0 Å². The fourth-order valence-corrected chi connectivity index (χ4v) is 5.20. The van der Waals surface area contributed by atoms with E-state index in [-0.39, 0.29) is 23.2 Å². The second-order valence-electron chi connectivity index (χ2n) is 8.07. The highest BCUT2D eigenvalue weighted by Crippen LogP contribution is 2.43. The number of hydrogen-bond donors (Lipinski definition) is 1. The molecule has 7 nitrogen and oxygen atoms in total. The average Bonchev–Trinajstić information content (AvgIpc) is 3.41. The Kier molecular flexibility index (Phi) is 4.20. The van der Waals surface area contributed by atoms with E-state index in [2.05, 4.69) is 0 Å². The van der Waals surface area contributed by atoms with Crippen molar-refractivity contribution >= 4 is 29.4 Å². The molecule has 7 heteroatoms. The van der Waals surface area contributed by atoms with Gasteiger partial charge in [0.15, 0.2) is 0 Å². The molecule has 0 spiro atoms. The SMILES string of the molecule is O=C(O)[C@@H]1C[C@@H]2CCC[C@@H]2N1C(=O)c1ccccc1N1C(=O)c2ccccc2C1=O. The number of rotatable bonds is 3. The fraction of sp³-hybridized carbons (Fsp3) is 0.304. The third-order valence-electron chi connectivity index (χ3n) is 6.53. The minimum absolute atomic E-state index is 0.117. The van der Waals surface area contributed by atoms with Crippen molar-refractivity contribution in [2.75, 3.05) is 4.90 Å². The molecule has 0 aromatic heterocycles. The third-order valence-corrected chi connectivity index (χ3v) is 6.53. The van der Waals surface area contributed by atoms with Gasteiger partial charge in [-0.25, -0.2) is 9.69 Å². The largest absolute Gasteiger partial charge is 0.480 e. The van der Waals surface area contributed by atoms with E-state index in [1.807, 2.05) is 0 Å². The molecule has 2 fully saturated rings. The van der Waals surface area contributed by atoms with Gasteiger partial charge in [-0.05, 0) is 49.4 Å². The first-order chi connectivity index (χ1) is 14.5. The summed E-state index contributed by atoms with van der Waals surface area (Å²) in [4.78, 5) is 53.8. The van der Waals surface area contributed by atoms with Crippen molar-refractivity contribution in [2.45, 2.75) is 37.8 Å². The number of carboxylic acid groups (broad SMARTS) is 1. The number of amides is 3. The van der Waals surface area contributed by atoms with Crippen LogP contribution in [0.3, 0.4) is 0 Å². The Morgan fingerprint density at radius 1 is 0.900 bits per heavy atom. The van der Waals surface area contributed by atoms with Crippen LogP contribution < -0.4 is 4.90 Å². The molecule has 0 unspecified atom stereocenters. The summed E-state index contributed by atoms with van der Waals surface area (Å²) in [5.74, 6) is -2.24. The predicted molar refractivity (Wildman–Crippen MR) is 107 cm³/mol. The van der Waals surface area contributed by atoms with Crippen LogP contribution in [0, 0.1) is 5.92 Å². The molecule has 3 atom stereocenters. The topological polar surface area (TPSA) is 95.0 Å². The molecular weight excluding hydrogens is 384 g/mol. The van der Waals surface area contributed by atoms with Gasteiger partial charge in [-0.1, -0.05) is 30.7 Å². The summed E-state index contributed by atoms with van der Waals surface area (Å²) in [6.07, 6.45) is 3.10. The quantitative estimate of drug-likeness (QED) is 0.794. The van der Waals surface area contributed by atoms with Crippen LogP contribution in [-0.4, -0.2) is 45.8 Å². The van der Waals surface area contributed by atoms with E-state index < -0.39 is 29.7 Å². The first-order valence-electron chi connectivity index (χ1n) is 10.1. The maximum Gasteiger partial charge on any atom is 0.326 e. The molecule has 2 heterocycles. The van der Waals surface area contributed by atoms with Gasteiger partial charge in [0.05, 0.1) is 22.4 Å². The normalized spacial score (nSPS) is 24.9. The standard InChI is InChI=1S/C23H20N2O5/c26-20-14-7-1-2-8-15(14)21(27)25(20)18-10-4-3-9-16(18)22(28)24-17-11-5-6-13(17)12-19(24)23(29)30/h1-4,7-10,13,17,19H,5-6,11-12H2,(H,29,30)/t13-,17-,19-/m0/s1. The summed E-state index contributed by atoms with van der Waals surface area (Å²) < 4.78 is 0. The maximum absolute atomic E-state index is 13.6.